The van der Waals surface area contributed by atoms with Crippen LogP contribution in [-0.2, 0) is 6.54 Å². The van der Waals surface area contributed by atoms with Gasteiger partial charge in [-0.25, -0.2) is 9.97 Å². The molecule has 4 aromatic rings. The van der Waals surface area contributed by atoms with Gasteiger partial charge in [0.25, 0.3) is 5.56 Å². The topological polar surface area (TPSA) is 75.1 Å². The molecule has 114 valence electrons. The fourth-order valence-corrected chi connectivity index (χ4v) is 2.63. The molecule has 0 saturated heterocycles. The normalized spacial score (nSPS) is 11.2. The lowest BCUT2D eigenvalue weighted by molar-refractivity contribution is 1.02. The number of nitrogens with one attached hydrogen (secondary N) is 2. The molecular weight excluding hydrogens is 290 g/mol. The number of benzene rings is 1. The first-order valence-corrected chi connectivity index (χ1v) is 7.37. The van der Waals surface area contributed by atoms with Gasteiger partial charge in [0.2, 0.25) is 5.95 Å². The van der Waals surface area contributed by atoms with Crippen molar-refractivity contribution in [3.05, 3.63) is 70.4 Å². The van der Waals surface area contributed by atoms with Gasteiger partial charge in [0.05, 0.1) is 23.1 Å². The highest BCUT2D eigenvalue weighted by atomic mass is 16.1. The molecule has 0 radical (unpaired) electrons. The van der Waals surface area contributed by atoms with Crippen molar-refractivity contribution in [2.24, 2.45) is 0 Å². The van der Waals surface area contributed by atoms with Gasteiger partial charge in [0.1, 0.15) is 5.65 Å². The number of pyridine rings is 1. The number of aryl methyl sites for hydroxylation is 1. The van der Waals surface area contributed by atoms with E-state index in [-0.39, 0.29) is 5.56 Å². The number of fused-ring (bicyclic) bond motifs is 2. The summed E-state index contributed by atoms with van der Waals surface area (Å²) in [6.07, 6.45) is 1.98. The second-order valence-electron chi connectivity index (χ2n) is 5.41. The van der Waals surface area contributed by atoms with Crippen molar-refractivity contribution in [3.63, 3.8) is 0 Å². The van der Waals surface area contributed by atoms with Crippen LogP contribution in [0.4, 0.5) is 5.95 Å². The Labute approximate surface area is 131 Å². The first-order valence-electron chi connectivity index (χ1n) is 7.37. The van der Waals surface area contributed by atoms with Gasteiger partial charge in [-0.3, -0.25) is 9.78 Å². The number of nitrogens with zero attached hydrogens (tertiary/aromatic N) is 3. The standard InChI is InChI=1S/C17H15N5O/c1-11-5-4-8-15-19-12(10-22(11)15)9-18-17-20-14-7-3-2-6-13(14)16(23)21-17/h2-8,10H,9H2,1H3,(H2,18,20,21,23). The Hall–Kier alpha value is -3.15. The number of imidazole rings is 1. The number of anilines is 1. The molecule has 3 heterocycles. The average molecular weight is 305 g/mol. The highest BCUT2D eigenvalue weighted by Crippen LogP contribution is 2.11. The van der Waals surface area contributed by atoms with E-state index in [1.54, 1.807) is 6.07 Å². The first-order chi connectivity index (χ1) is 11.2. The van der Waals surface area contributed by atoms with Gasteiger partial charge in [-0.05, 0) is 31.2 Å². The molecule has 3 aromatic heterocycles. The number of para-hydroxylation sites is 1. The molecule has 6 heteroatoms. The molecule has 4 rings (SSSR count). The van der Waals surface area contributed by atoms with Crippen LogP contribution in [0.3, 0.4) is 0 Å². The predicted octanol–water partition coefficient (Wildman–Crippen LogP) is 2.49. The minimum atomic E-state index is -0.149. The Morgan fingerprint density at radius 3 is 2.87 bits per heavy atom. The Bertz CT molecular complexity index is 1060. The van der Waals surface area contributed by atoms with Crippen molar-refractivity contribution in [2.45, 2.75) is 13.5 Å². The summed E-state index contributed by atoms with van der Waals surface area (Å²) < 4.78 is 2.04. The van der Waals surface area contributed by atoms with Gasteiger partial charge in [-0.15, -0.1) is 0 Å². The van der Waals surface area contributed by atoms with Crippen LogP contribution in [0.2, 0.25) is 0 Å². The summed E-state index contributed by atoms with van der Waals surface area (Å²) in [5.41, 5.74) is 3.43. The van der Waals surface area contributed by atoms with Crippen LogP contribution in [0.25, 0.3) is 16.6 Å². The Balaban J connectivity index is 1.63. The molecule has 0 aliphatic rings. The van der Waals surface area contributed by atoms with Crippen LogP contribution >= 0.6 is 0 Å². The lowest BCUT2D eigenvalue weighted by atomic mass is 10.2. The third-order valence-electron chi connectivity index (χ3n) is 3.80. The van der Waals surface area contributed by atoms with Crippen molar-refractivity contribution in [1.29, 1.82) is 0 Å². The Kier molecular flexibility index (Phi) is 3.08. The van der Waals surface area contributed by atoms with Crippen molar-refractivity contribution >= 4 is 22.5 Å². The second-order valence-corrected chi connectivity index (χ2v) is 5.41. The molecule has 23 heavy (non-hydrogen) atoms. The zero-order valence-electron chi connectivity index (χ0n) is 12.6. The van der Waals surface area contributed by atoms with Crippen LogP contribution < -0.4 is 10.9 Å². The number of hydrogen-bond donors (Lipinski definition) is 2. The Morgan fingerprint density at radius 1 is 1.13 bits per heavy atom. The first kappa shape index (κ1) is 13.5. The van der Waals surface area contributed by atoms with E-state index >= 15 is 0 Å². The van der Waals surface area contributed by atoms with Crippen molar-refractivity contribution < 1.29 is 0 Å². The summed E-state index contributed by atoms with van der Waals surface area (Å²) in [6, 6.07) is 13.3. The predicted molar refractivity (Wildman–Crippen MR) is 89.6 cm³/mol. The maximum absolute atomic E-state index is 12.0. The van der Waals surface area contributed by atoms with Gasteiger partial charge in [-0.2, -0.15) is 0 Å². The van der Waals surface area contributed by atoms with E-state index < -0.39 is 0 Å². The molecule has 0 atom stereocenters. The fourth-order valence-electron chi connectivity index (χ4n) is 2.63. The summed E-state index contributed by atoms with van der Waals surface area (Å²) in [4.78, 5) is 23.8. The summed E-state index contributed by atoms with van der Waals surface area (Å²) in [5, 5.41) is 3.72. The molecule has 0 unspecified atom stereocenters. The average Bonchev–Trinajstić information content (AvgIpc) is 2.98. The molecule has 6 nitrogen and oxygen atoms in total. The largest absolute Gasteiger partial charge is 0.350 e. The van der Waals surface area contributed by atoms with Gasteiger partial charge in [-0.1, -0.05) is 18.2 Å². The molecular formula is C17H15N5O. The number of aromatic nitrogens is 4. The molecule has 0 amide bonds. The molecule has 2 N–H and O–H groups in total. The molecule has 0 saturated carbocycles. The minimum Gasteiger partial charge on any atom is -0.350 e. The lowest BCUT2D eigenvalue weighted by Crippen LogP contribution is -2.13. The molecule has 1 aromatic carbocycles. The van der Waals surface area contributed by atoms with Crippen molar-refractivity contribution in [2.75, 3.05) is 5.32 Å². The van der Waals surface area contributed by atoms with Crippen LogP contribution in [0, 0.1) is 6.92 Å². The number of hydrogen-bond acceptors (Lipinski definition) is 4. The Morgan fingerprint density at radius 2 is 2.00 bits per heavy atom. The van der Waals surface area contributed by atoms with E-state index in [4.69, 9.17) is 0 Å². The highest BCUT2D eigenvalue weighted by Gasteiger charge is 2.05. The van der Waals surface area contributed by atoms with Crippen LogP contribution in [-0.4, -0.2) is 19.4 Å². The third kappa shape index (κ3) is 2.44. The maximum Gasteiger partial charge on any atom is 0.260 e. The lowest BCUT2D eigenvalue weighted by Gasteiger charge is -2.04. The minimum absolute atomic E-state index is 0.149. The number of aromatic amines is 1. The van der Waals surface area contributed by atoms with Gasteiger partial charge in [0.15, 0.2) is 0 Å². The summed E-state index contributed by atoms with van der Waals surface area (Å²) in [6.45, 7) is 2.52. The van der Waals surface area contributed by atoms with E-state index in [9.17, 15) is 4.79 Å². The van der Waals surface area contributed by atoms with E-state index in [2.05, 4.69) is 20.3 Å². The van der Waals surface area contributed by atoms with Gasteiger partial charge >= 0.3 is 0 Å². The second kappa shape index (κ2) is 5.24. The molecule has 0 spiro atoms. The number of H-pyrrole nitrogens is 1. The van der Waals surface area contributed by atoms with Crippen LogP contribution in [0.1, 0.15) is 11.4 Å². The smallest absolute Gasteiger partial charge is 0.260 e. The number of rotatable bonds is 3. The van der Waals surface area contributed by atoms with Crippen molar-refractivity contribution in [3.8, 4) is 0 Å². The zero-order valence-corrected chi connectivity index (χ0v) is 12.6. The molecule has 0 fully saturated rings. The summed E-state index contributed by atoms with van der Waals surface area (Å²) >= 11 is 0. The van der Waals surface area contributed by atoms with E-state index in [1.165, 1.54) is 0 Å². The van der Waals surface area contributed by atoms with Crippen LogP contribution in [0.15, 0.2) is 53.5 Å². The quantitative estimate of drug-likeness (QED) is 0.610. The van der Waals surface area contributed by atoms with Gasteiger partial charge < -0.3 is 9.72 Å². The van der Waals surface area contributed by atoms with Gasteiger partial charge in [0, 0.05) is 11.9 Å². The zero-order chi connectivity index (χ0) is 15.8. The summed E-state index contributed by atoms with van der Waals surface area (Å²) in [7, 11) is 0. The van der Waals surface area contributed by atoms with Crippen molar-refractivity contribution in [1.82, 2.24) is 19.4 Å². The fraction of sp³-hybridized carbons (Fsp3) is 0.118. The molecule has 0 bridgehead atoms. The van der Waals surface area contributed by atoms with Crippen LogP contribution in [0.5, 0.6) is 0 Å². The monoisotopic (exact) mass is 305 g/mol. The summed E-state index contributed by atoms with van der Waals surface area (Å²) in [5.74, 6) is 0.447. The third-order valence-corrected chi connectivity index (χ3v) is 3.80. The SMILES string of the molecule is Cc1cccc2nc(CNc3nc4ccccc4c(=O)[nH]3)cn12. The maximum atomic E-state index is 12.0. The molecule has 0 aliphatic carbocycles. The highest BCUT2D eigenvalue weighted by molar-refractivity contribution is 5.78. The van der Waals surface area contributed by atoms with E-state index in [0.29, 0.717) is 23.4 Å². The van der Waals surface area contributed by atoms with E-state index in [1.807, 2.05) is 53.9 Å². The van der Waals surface area contributed by atoms with E-state index in [0.717, 1.165) is 17.0 Å². The molecule has 0 aliphatic heterocycles.